The lowest BCUT2D eigenvalue weighted by Gasteiger charge is -2.17. The molecule has 26 heavy (non-hydrogen) atoms. The van der Waals surface area contributed by atoms with Crippen LogP contribution >= 0.6 is 0 Å². The second kappa shape index (κ2) is 9.82. The van der Waals surface area contributed by atoms with E-state index in [2.05, 4.69) is 15.6 Å². The Labute approximate surface area is 153 Å². The number of aliphatic hydroxyl groups excluding tert-OH is 1. The SMILES string of the molecule is CCNC(=NCC(O)COc1ccc(F)cc1)NC(C)c1ccc(C)o1. The van der Waals surface area contributed by atoms with Gasteiger partial charge in [0.15, 0.2) is 5.96 Å². The summed E-state index contributed by atoms with van der Waals surface area (Å²) in [5, 5.41) is 16.4. The highest BCUT2D eigenvalue weighted by Crippen LogP contribution is 2.15. The Morgan fingerprint density at radius 1 is 1.27 bits per heavy atom. The molecule has 0 amide bonds. The highest BCUT2D eigenvalue weighted by Gasteiger charge is 2.12. The molecule has 0 fully saturated rings. The van der Waals surface area contributed by atoms with Gasteiger partial charge in [0.25, 0.3) is 0 Å². The molecule has 142 valence electrons. The zero-order valence-electron chi connectivity index (χ0n) is 15.3. The van der Waals surface area contributed by atoms with Crippen LogP contribution in [0.3, 0.4) is 0 Å². The van der Waals surface area contributed by atoms with Crippen LogP contribution in [-0.4, -0.2) is 36.9 Å². The molecule has 1 heterocycles. The number of hydrogen-bond acceptors (Lipinski definition) is 4. The van der Waals surface area contributed by atoms with Gasteiger partial charge in [0, 0.05) is 6.54 Å². The van der Waals surface area contributed by atoms with Gasteiger partial charge in [-0.25, -0.2) is 4.39 Å². The number of nitrogens with one attached hydrogen (secondary N) is 2. The monoisotopic (exact) mass is 363 g/mol. The molecular weight excluding hydrogens is 337 g/mol. The Balaban J connectivity index is 1.85. The summed E-state index contributed by atoms with van der Waals surface area (Å²) in [6.07, 6.45) is -0.781. The number of hydrogen-bond donors (Lipinski definition) is 3. The van der Waals surface area contributed by atoms with E-state index >= 15 is 0 Å². The van der Waals surface area contributed by atoms with Crippen molar-refractivity contribution >= 4 is 5.96 Å². The third kappa shape index (κ3) is 6.40. The molecular formula is C19H26FN3O3. The first kappa shape index (κ1) is 19.8. The molecule has 1 aromatic heterocycles. The molecule has 0 saturated carbocycles. The predicted octanol–water partition coefficient (Wildman–Crippen LogP) is 2.78. The van der Waals surface area contributed by atoms with E-state index in [1.165, 1.54) is 24.3 Å². The Bertz CT molecular complexity index is 700. The van der Waals surface area contributed by atoms with Crippen molar-refractivity contribution in [3.63, 3.8) is 0 Å². The molecule has 0 aliphatic heterocycles. The lowest BCUT2D eigenvalue weighted by molar-refractivity contribution is 0.114. The van der Waals surface area contributed by atoms with Crippen LogP contribution in [0.2, 0.25) is 0 Å². The molecule has 2 atom stereocenters. The zero-order valence-corrected chi connectivity index (χ0v) is 15.3. The number of halogens is 1. The second-order valence-electron chi connectivity index (χ2n) is 5.95. The largest absolute Gasteiger partial charge is 0.491 e. The minimum atomic E-state index is -0.781. The summed E-state index contributed by atoms with van der Waals surface area (Å²) in [7, 11) is 0. The van der Waals surface area contributed by atoms with E-state index in [1.54, 1.807) is 0 Å². The number of benzene rings is 1. The Morgan fingerprint density at radius 2 is 2.00 bits per heavy atom. The second-order valence-corrected chi connectivity index (χ2v) is 5.95. The molecule has 0 saturated heterocycles. The molecule has 0 aliphatic carbocycles. The molecule has 2 rings (SSSR count). The molecule has 2 aromatic rings. The van der Waals surface area contributed by atoms with Gasteiger partial charge in [-0.15, -0.1) is 0 Å². The van der Waals surface area contributed by atoms with E-state index in [9.17, 15) is 9.50 Å². The van der Waals surface area contributed by atoms with Gasteiger partial charge in [-0.1, -0.05) is 0 Å². The van der Waals surface area contributed by atoms with Crippen LogP contribution in [-0.2, 0) is 0 Å². The number of ether oxygens (including phenoxy) is 1. The van der Waals surface area contributed by atoms with Gasteiger partial charge in [-0.05, 0) is 57.2 Å². The molecule has 6 nitrogen and oxygen atoms in total. The van der Waals surface area contributed by atoms with Crippen molar-refractivity contribution in [2.24, 2.45) is 4.99 Å². The lowest BCUT2D eigenvalue weighted by atomic mass is 10.2. The molecule has 0 radical (unpaired) electrons. The summed E-state index contributed by atoms with van der Waals surface area (Å²) < 4.78 is 23.9. The van der Waals surface area contributed by atoms with Gasteiger partial charge in [0.2, 0.25) is 0 Å². The normalized spacial score (nSPS) is 14.0. The van der Waals surface area contributed by atoms with Crippen LogP contribution in [0, 0.1) is 12.7 Å². The van der Waals surface area contributed by atoms with Gasteiger partial charge in [-0.3, -0.25) is 4.99 Å². The number of furan rings is 1. The highest BCUT2D eigenvalue weighted by atomic mass is 19.1. The van der Waals surface area contributed by atoms with Crippen LogP contribution in [0.1, 0.15) is 31.4 Å². The molecule has 0 bridgehead atoms. The smallest absolute Gasteiger partial charge is 0.191 e. The standard InChI is InChI=1S/C19H26FN3O3/c1-4-21-19(23-14(3)18-10-5-13(2)26-18)22-11-16(24)12-25-17-8-6-15(20)7-9-17/h5-10,14,16,24H,4,11-12H2,1-3H3,(H2,21,22,23). The predicted molar refractivity (Wildman–Crippen MR) is 98.9 cm³/mol. The molecule has 7 heteroatoms. The van der Waals surface area contributed by atoms with Gasteiger partial charge in [-0.2, -0.15) is 0 Å². The number of nitrogens with zero attached hydrogens (tertiary/aromatic N) is 1. The van der Waals surface area contributed by atoms with Crippen molar-refractivity contribution in [3.8, 4) is 5.75 Å². The van der Waals surface area contributed by atoms with E-state index in [0.717, 1.165) is 11.5 Å². The van der Waals surface area contributed by atoms with Gasteiger partial charge in [0.05, 0.1) is 12.6 Å². The van der Waals surface area contributed by atoms with E-state index in [-0.39, 0.29) is 25.0 Å². The molecule has 1 aromatic carbocycles. The van der Waals surface area contributed by atoms with Crippen molar-refractivity contribution in [2.75, 3.05) is 19.7 Å². The average molecular weight is 363 g/mol. The van der Waals surface area contributed by atoms with Crippen LogP contribution in [0.25, 0.3) is 0 Å². The van der Waals surface area contributed by atoms with Crippen molar-refractivity contribution in [1.82, 2.24) is 10.6 Å². The Hall–Kier alpha value is -2.54. The number of aryl methyl sites for hydroxylation is 1. The first-order valence-electron chi connectivity index (χ1n) is 8.65. The molecule has 2 unspecified atom stereocenters. The fourth-order valence-corrected chi connectivity index (χ4v) is 2.25. The fraction of sp³-hybridized carbons (Fsp3) is 0.421. The van der Waals surface area contributed by atoms with E-state index in [0.29, 0.717) is 18.3 Å². The minimum Gasteiger partial charge on any atom is -0.491 e. The van der Waals surface area contributed by atoms with Crippen LogP contribution in [0.5, 0.6) is 5.75 Å². The maximum atomic E-state index is 12.9. The first-order valence-corrected chi connectivity index (χ1v) is 8.65. The first-order chi connectivity index (χ1) is 12.5. The fourth-order valence-electron chi connectivity index (χ4n) is 2.25. The van der Waals surface area contributed by atoms with E-state index in [4.69, 9.17) is 9.15 Å². The highest BCUT2D eigenvalue weighted by molar-refractivity contribution is 5.80. The number of aliphatic imine (C=N–C) groups is 1. The number of guanidine groups is 1. The van der Waals surface area contributed by atoms with Crippen LogP contribution < -0.4 is 15.4 Å². The molecule has 0 aliphatic rings. The molecule has 0 spiro atoms. The van der Waals surface area contributed by atoms with Crippen molar-refractivity contribution in [1.29, 1.82) is 0 Å². The Morgan fingerprint density at radius 3 is 2.62 bits per heavy atom. The number of rotatable bonds is 8. The summed E-state index contributed by atoms with van der Waals surface area (Å²) in [5.74, 6) is 2.41. The van der Waals surface area contributed by atoms with E-state index < -0.39 is 6.10 Å². The van der Waals surface area contributed by atoms with Crippen LogP contribution in [0.15, 0.2) is 45.8 Å². The zero-order chi connectivity index (χ0) is 18.9. The maximum Gasteiger partial charge on any atom is 0.191 e. The lowest BCUT2D eigenvalue weighted by Crippen LogP contribution is -2.39. The van der Waals surface area contributed by atoms with Crippen LogP contribution in [0.4, 0.5) is 4.39 Å². The average Bonchev–Trinajstić information content (AvgIpc) is 3.06. The molecule has 3 N–H and O–H groups in total. The van der Waals surface area contributed by atoms with Crippen molar-refractivity contribution in [2.45, 2.75) is 32.9 Å². The summed E-state index contributed by atoms with van der Waals surface area (Å²) in [4.78, 5) is 4.37. The minimum absolute atomic E-state index is 0.0610. The van der Waals surface area contributed by atoms with Gasteiger partial charge in [0.1, 0.15) is 35.8 Å². The summed E-state index contributed by atoms with van der Waals surface area (Å²) in [6.45, 7) is 6.76. The number of aliphatic hydroxyl groups is 1. The quantitative estimate of drug-likeness (QED) is 0.496. The summed E-state index contributed by atoms with van der Waals surface area (Å²) in [6, 6.07) is 9.42. The summed E-state index contributed by atoms with van der Waals surface area (Å²) >= 11 is 0. The van der Waals surface area contributed by atoms with Gasteiger partial charge >= 0.3 is 0 Å². The maximum absolute atomic E-state index is 12.9. The topological polar surface area (TPSA) is 79.0 Å². The summed E-state index contributed by atoms with van der Waals surface area (Å²) in [5.41, 5.74) is 0. The van der Waals surface area contributed by atoms with E-state index in [1.807, 2.05) is 32.9 Å². The third-order valence-corrected chi connectivity index (χ3v) is 3.60. The Kier molecular flexibility index (Phi) is 7.47. The van der Waals surface area contributed by atoms with Crippen molar-refractivity contribution in [3.05, 3.63) is 53.7 Å². The van der Waals surface area contributed by atoms with Crippen molar-refractivity contribution < 1.29 is 18.7 Å². The van der Waals surface area contributed by atoms with Gasteiger partial charge < -0.3 is 24.9 Å². The third-order valence-electron chi connectivity index (χ3n) is 3.60.